The molecule has 0 bridgehead atoms. The second kappa shape index (κ2) is 8.17. The molecule has 3 heterocycles. The maximum Gasteiger partial charge on any atom is 0.325 e. The summed E-state index contributed by atoms with van der Waals surface area (Å²) in [6, 6.07) is 7.40. The zero-order chi connectivity index (χ0) is 24.0. The zero-order valence-corrected chi connectivity index (χ0v) is 19.3. The van der Waals surface area contributed by atoms with Gasteiger partial charge >= 0.3 is 6.03 Å². The van der Waals surface area contributed by atoms with Gasteiger partial charge in [-0.25, -0.2) is 9.78 Å². The van der Waals surface area contributed by atoms with Crippen LogP contribution in [0.2, 0.25) is 0 Å². The van der Waals surface area contributed by atoms with Crippen LogP contribution in [0.1, 0.15) is 41.6 Å². The van der Waals surface area contributed by atoms with Crippen molar-refractivity contribution in [3.05, 3.63) is 46.5 Å². The van der Waals surface area contributed by atoms with Crippen molar-refractivity contribution in [3.63, 3.8) is 0 Å². The van der Waals surface area contributed by atoms with E-state index < -0.39 is 17.5 Å². The Morgan fingerprint density at radius 2 is 1.94 bits per heavy atom. The fourth-order valence-electron chi connectivity index (χ4n) is 5.02. The monoisotopic (exact) mass is 462 g/mol. The third-order valence-corrected chi connectivity index (χ3v) is 6.99. The van der Waals surface area contributed by atoms with Crippen molar-refractivity contribution >= 4 is 23.7 Å². The number of nitriles is 1. The number of urea groups is 1. The minimum Gasteiger partial charge on any atom is -0.424 e. The highest BCUT2D eigenvalue weighted by molar-refractivity contribution is 6.09. The van der Waals surface area contributed by atoms with Crippen LogP contribution in [0.25, 0.3) is 0 Å². The molecule has 4 amide bonds. The molecule has 2 aromatic rings. The Hall–Kier alpha value is -3.87. The van der Waals surface area contributed by atoms with Gasteiger partial charge in [0.2, 0.25) is 17.5 Å². The second-order valence-electron chi connectivity index (χ2n) is 9.15. The molecule has 3 aliphatic rings. The van der Waals surface area contributed by atoms with Crippen molar-refractivity contribution < 1.29 is 18.8 Å². The number of amides is 4. The Bertz CT molecular complexity index is 1220. The predicted octanol–water partition coefficient (Wildman–Crippen LogP) is 1.46. The molecular weight excluding hydrogens is 436 g/mol. The number of carbonyl (C=O) groups excluding carboxylic acids is 3. The van der Waals surface area contributed by atoms with Crippen LogP contribution in [0.5, 0.6) is 0 Å². The van der Waals surface area contributed by atoms with Crippen LogP contribution in [-0.4, -0.2) is 65.4 Å². The van der Waals surface area contributed by atoms with Crippen LogP contribution in [-0.2, 0) is 28.0 Å². The molecule has 5 rings (SSSR count). The highest BCUT2D eigenvalue weighted by Gasteiger charge is 2.50. The summed E-state index contributed by atoms with van der Waals surface area (Å²) in [5.74, 6) is 0.107. The van der Waals surface area contributed by atoms with Crippen molar-refractivity contribution in [1.29, 1.82) is 5.26 Å². The van der Waals surface area contributed by atoms with Crippen molar-refractivity contribution in [1.82, 2.24) is 20.1 Å². The molecule has 0 radical (unpaired) electrons. The summed E-state index contributed by atoms with van der Waals surface area (Å²) in [5, 5.41) is 12.0. The minimum absolute atomic E-state index is 0.224. The van der Waals surface area contributed by atoms with Gasteiger partial charge in [-0.3, -0.25) is 14.5 Å². The number of nitrogens with one attached hydrogen (secondary N) is 1. The van der Waals surface area contributed by atoms with E-state index in [0.717, 1.165) is 29.7 Å². The lowest BCUT2D eigenvalue weighted by atomic mass is 9.89. The molecule has 34 heavy (non-hydrogen) atoms. The van der Waals surface area contributed by atoms with Gasteiger partial charge in [-0.15, -0.1) is 0 Å². The number of carbonyl (C=O) groups is 3. The summed E-state index contributed by atoms with van der Waals surface area (Å²) >= 11 is 0. The second-order valence-corrected chi connectivity index (χ2v) is 9.15. The van der Waals surface area contributed by atoms with Crippen molar-refractivity contribution in [3.8, 4) is 6.07 Å². The summed E-state index contributed by atoms with van der Waals surface area (Å²) < 4.78 is 5.55. The lowest BCUT2D eigenvalue weighted by molar-refractivity contribution is -0.139. The van der Waals surface area contributed by atoms with E-state index in [1.807, 2.05) is 29.2 Å². The number of piperazine rings is 1. The van der Waals surface area contributed by atoms with Gasteiger partial charge in [0.1, 0.15) is 18.2 Å². The summed E-state index contributed by atoms with van der Waals surface area (Å²) in [7, 11) is 0. The first-order chi connectivity index (χ1) is 16.3. The Morgan fingerprint density at radius 1 is 1.21 bits per heavy atom. The maximum atomic E-state index is 13.3. The highest BCUT2D eigenvalue weighted by atomic mass is 16.4. The van der Waals surface area contributed by atoms with E-state index in [9.17, 15) is 19.6 Å². The highest BCUT2D eigenvalue weighted by Crippen LogP contribution is 2.32. The number of benzene rings is 1. The number of nitrogens with zero attached hydrogens (tertiary/aromatic N) is 5. The fourth-order valence-corrected chi connectivity index (χ4v) is 5.02. The zero-order valence-electron chi connectivity index (χ0n) is 19.3. The Morgan fingerprint density at radius 3 is 2.68 bits per heavy atom. The van der Waals surface area contributed by atoms with Crippen molar-refractivity contribution in [2.75, 3.05) is 37.6 Å². The van der Waals surface area contributed by atoms with Crippen LogP contribution in [0.3, 0.4) is 0 Å². The van der Waals surface area contributed by atoms with E-state index >= 15 is 0 Å². The quantitative estimate of drug-likeness (QED) is 0.683. The average molecular weight is 463 g/mol. The van der Waals surface area contributed by atoms with Crippen LogP contribution >= 0.6 is 0 Å². The number of hydrogen-bond donors (Lipinski definition) is 1. The number of rotatable bonds is 4. The molecule has 2 fully saturated rings. The van der Waals surface area contributed by atoms with Crippen molar-refractivity contribution in [2.45, 2.75) is 38.6 Å². The van der Waals surface area contributed by atoms with E-state index in [4.69, 9.17) is 4.42 Å². The Balaban J connectivity index is 1.24. The molecule has 2 saturated heterocycles. The topological polar surface area (TPSA) is 123 Å². The third kappa shape index (κ3) is 3.57. The van der Waals surface area contributed by atoms with E-state index in [-0.39, 0.29) is 18.1 Å². The molecule has 176 valence electrons. The Kier molecular flexibility index (Phi) is 5.27. The molecule has 1 aliphatic carbocycles. The fraction of sp³-hybridized carbons (Fsp3) is 0.458. The molecule has 2 aliphatic heterocycles. The number of imide groups is 1. The molecule has 1 atom stereocenters. The molecular formula is C24H26N6O4. The van der Waals surface area contributed by atoms with Gasteiger partial charge in [0.15, 0.2) is 5.89 Å². The lowest BCUT2D eigenvalue weighted by Gasteiger charge is -2.35. The van der Waals surface area contributed by atoms with Crippen LogP contribution in [0.4, 0.5) is 10.7 Å². The van der Waals surface area contributed by atoms with Gasteiger partial charge in [0.05, 0.1) is 0 Å². The summed E-state index contributed by atoms with van der Waals surface area (Å²) in [5.41, 5.74) is 2.28. The number of anilines is 1. The predicted molar refractivity (Wildman–Crippen MR) is 121 cm³/mol. The Labute approximate surface area is 197 Å². The van der Waals surface area contributed by atoms with Crippen LogP contribution < -0.4 is 10.2 Å². The summed E-state index contributed by atoms with van der Waals surface area (Å²) in [4.78, 5) is 47.5. The minimum atomic E-state index is -1.19. The molecule has 10 nitrogen and oxygen atoms in total. The van der Waals surface area contributed by atoms with Gasteiger partial charge < -0.3 is 19.5 Å². The lowest BCUT2D eigenvalue weighted by Crippen LogP contribution is -2.52. The smallest absolute Gasteiger partial charge is 0.325 e. The maximum absolute atomic E-state index is 13.3. The standard InChI is InChI=1S/C24H26N6O4/c1-15-26-19(13-25)21(34-15)29-10-8-28(9-11-29)20(31)14-30-22(32)24(2,27-23(30)33)18-7-6-16-4-3-5-17(16)12-18/h6-7,12H,3-5,8-11,14H2,1-2H3,(H,27,33). The van der Waals surface area contributed by atoms with Gasteiger partial charge in [-0.1, -0.05) is 18.2 Å². The first-order valence-corrected chi connectivity index (χ1v) is 11.5. The first-order valence-electron chi connectivity index (χ1n) is 11.5. The van der Waals surface area contributed by atoms with Crippen LogP contribution in [0, 0.1) is 18.3 Å². The number of aromatic nitrogens is 1. The number of oxazole rings is 1. The molecule has 1 N–H and O–H groups in total. The molecule has 10 heteroatoms. The number of aryl methyl sites for hydroxylation is 3. The number of fused-ring (bicyclic) bond motifs is 1. The van der Waals surface area contributed by atoms with Gasteiger partial charge in [0, 0.05) is 33.1 Å². The SMILES string of the molecule is Cc1nc(C#N)c(N2CCN(C(=O)CN3C(=O)NC(C)(c4ccc5c(c4)CCC5)C3=O)CC2)o1. The van der Waals surface area contributed by atoms with E-state index in [0.29, 0.717) is 38.0 Å². The summed E-state index contributed by atoms with van der Waals surface area (Å²) in [6.45, 7) is 4.75. The van der Waals surface area contributed by atoms with Gasteiger partial charge in [0.25, 0.3) is 5.91 Å². The van der Waals surface area contributed by atoms with E-state index in [2.05, 4.69) is 10.3 Å². The molecule has 0 saturated carbocycles. The summed E-state index contributed by atoms with van der Waals surface area (Å²) in [6.07, 6.45) is 3.10. The molecule has 1 aromatic carbocycles. The van der Waals surface area contributed by atoms with Crippen molar-refractivity contribution in [2.24, 2.45) is 0 Å². The van der Waals surface area contributed by atoms with E-state index in [1.165, 1.54) is 11.1 Å². The number of hydrogen-bond acceptors (Lipinski definition) is 7. The third-order valence-electron chi connectivity index (χ3n) is 6.99. The molecule has 1 unspecified atom stereocenters. The van der Waals surface area contributed by atoms with E-state index in [1.54, 1.807) is 18.7 Å². The largest absolute Gasteiger partial charge is 0.424 e. The van der Waals surface area contributed by atoms with Gasteiger partial charge in [-0.05, 0) is 42.9 Å². The first kappa shape index (κ1) is 21.9. The average Bonchev–Trinajstić information content (AvgIpc) is 3.52. The molecule has 1 aromatic heterocycles. The molecule has 0 spiro atoms. The van der Waals surface area contributed by atoms with Gasteiger partial charge in [-0.2, -0.15) is 5.26 Å². The normalized spacial score (nSPS) is 22.1. The van der Waals surface area contributed by atoms with Crippen LogP contribution in [0.15, 0.2) is 22.6 Å².